The molecule has 0 spiro atoms. The number of benzene rings is 2. The third-order valence-corrected chi connectivity index (χ3v) is 7.00. The van der Waals surface area contributed by atoms with Gasteiger partial charge in [0.2, 0.25) is 0 Å². The van der Waals surface area contributed by atoms with Gasteiger partial charge in [0.05, 0.1) is 29.0 Å². The van der Waals surface area contributed by atoms with Crippen molar-refractivity contribution in [3.63, 3.8) is 0 Å². The number of amides is 1. The van der Waals surface area contributed by atoms with Gasteiger partial charge in [0.1, 0.15) is 18.2 Å². The van der Waals surface area contributed by atoms with E-state index >= 15 is 0 Å². The molecule has 3 N–H and O–H groups in total. The van der Waals surface area contributed by atoms with Crippen LogP contribution in [0.4, 0.5) is 24.7 Å². The highest BCUT2D eigenvalue weighted by molar-refractivity contribution is 6.32. The number of nitrogen functional groups attached to an aromatic ring is 1. The van der Waals surface area contributed by atoms with Crippen LogP contribution in [-0.4, -0.2) is 74.2 Å². The zero-order valence-corrected chi connectivity index (χ0v) is 24.0. The first-order valence-corrected chi connectivity index (χ1v) is 13.5. The molecule has 0 saturated carbocycles. The minimum Gasteiger partial charge on any atom is -0.490 e. The first kappa shape index (κ1) is 31.1. The molecule has 222 valence electrons. The Morgan fingerprint density at radius 1 is 1.07 bits per heavy atom. The van der Waals surface area contributed by atoms with Gasteiger partial charge in [0.15, 0.2) is 0 Å². The zero-order chi connectivity index (χ0) is 30.3. The number of ether oxygens (including phenoxy) is 2. The van der Waals surface area contributed by atoms with Crippen molar-refractivity contribution in [2.75, 3.05) is 64.6 Å². The molecule has 0 aliphatic carbocycles. The lowest BCUT2D eigenvalue weighted by Crippen LogP contribution is -2.44. The maximum absolute atomic E-state index is 14.0. The summed E-state index contributed by atoms with van der Waals surface area (Å²) in [5, 5.41) is 2.84. The van der Waals surface area contributed by atoms with E-state index in [4.69, 9.17) is 26.8 Å². The van der Waals surface area contributed by atoms with E-state index < -0.39 is 17.6 Å². The van der Waals surface area contributed by atoms with Gasteiger partial charge in [0, 0.05) is 62.7 Å². The highest BCUT2D eigenvalue weighted by Gasteiger charge is 2.34. The number of nitrogens with one attached hydrogen (secondary N) is 1. The fraction of sp³-hybridized carbons (Fsp3) is 0.333. The van der Waals surface area contributed by atoms with Crippen molar-refractivity contribution >= 4 is 29.0 Å². The van der Waals surface area contributed by atoms with Crippen LogP contribution in [0.1, 0.15) is 32.6 Å². The normalized spacial score (nSPS) is 14.2. The number of hydrogen-bond donors (Lipinski definition) is 2. The number of pyridine rings is 1. The van der Waals surface area contributed by atoms with Crippen LogP contribution in [0.3, 0.4) is 0 Å². The van der Waals surface area contributed by atoms with Crippen molar-refractivity contribution < 1.29 is 27.4 Å². The molecule has 2 aromatic carbocycles. The number of hydrogen-bond acceptors (Lipinski definition) is 7. The lowest BCUT2D eigenvalue weighted by atomic mass is 10.0. The molecular formula is C30H31ClF3N5O3. The largest absolute Gasteiger partial charge is 0.490 e. The van der Waals surface area contributed by atoms with Gasteiger partial charge >= 0.3 is 6.18 Å². The van der Waals surface area contributed by atoms with Crippen molar-refractivity contribution in [2.24, 2.45) is 0 Å². The van der Waals surface area contributed by atoms with Crippen LogP contribution in [0.2, 0.25) is 5.02 Å². The smallest absolute Gasteiger partial charge is 0.416 e. The third-order valence-electron chi connectivity index (χ3n) is 6.67. The van der Waals surface area contributed by atoms with Crippen molar-refractivity contribution in [3.8, 4) is 17.6 Å². The van der Waals surface area contributed by atoms with Gasteiger partial charge in [-0.2, -0.15) is 13.2 Å². The van der Waals surface area contributed by atoms with Gasteiger partial charge in [-0.3, -0.25) is 9.69 Å². The van der Waals surface area contributed by atoms with E-state index in [9.17, 15) is 18.0 Å². The molecule has 0 atom stereocenters. The van der Waals surface area contributed by atoms with E-state index in [0.717, 1.165) is 19.2 Å². The summed E-state index contributed by atoms with van der Waals surface area (Å²) >= 11 is 6.31. The summed E-state index contributed by atoms with van der Waals surface area (Å²) in [6.45, 7) is 3.86. The molecule has 2 heterocycles. The van der Waals surface area contributed by atoms with Crippen LogP contribution in [0.5, 0.6) is 5.75 Å². The standard InChI is InChI=1S/C30H31ClF3N5O3/c1-38-9-11-39(12-10-38)19-23-5-7-24(17-26(23)30(32,33)34)37-29(40)22-6-8-27(31)20(15-22)3-4-21-16-25(18-36-28(21)35)42-14-13-41-2/h5-8,15-18H,9-14,19H2,1-2H3,(H2,35,36)(H,37,40). The molecule has 1 aromatic heterocycles. The molecule has 0 bridgehead atoms. The summed E-state index contributed by atoms with van der Waals surface area (Å²) in [5.74, 6) is 5.80. The molecule has 1 amide bonds. The molecule has 1 aliphatic heterocycles. The summed E-state index contributed by atoms with van der Waals surface area (Å²) < 4.78 is 52.4. The number of carbonyl (C=O) groups is 1. The van der Waals surface area contributed by atoms with Crippen LogP contribution < -0.4 is 15.8 Å². The molecule has 8 nitrogen and oxygen atoms in total. The number of carbonyl (C=O) groups excluding carboxylic acids is 1. The summed E-state index contributed by atoms with van der Waals surface area (Å²) in [4.78, 5) is 21.2. The number of piperazine rings is 1. The van der Waals surface area contributed by atoms with Crippen LogP contribution in [0, 0.1) is 11.8 Å². The minimum absolute atomic E-state index is 0.0289. The zero-order valence-electron chi connectivity index (χ0n) is 23.2. The van der Waals surface area contributed by atoms with Crippen LogP contribution >= 0.6 is 11.6 Å². The monoisotopic (exact) mass is 601 g/mol. The molecular weight excluding hydrogens is 571 g/mol. The Labute approximate surface area is 247 Å². The molecule has 12 heteroatoms. The Kier molecular flexibility index (Phi) is 10.3. The fourth-order valence-electron chi connectivity index (χ4n) is 4.28. The lowest BCUT2D eigenvalue weighted by molar-refractivity contribution is -0.138. The van der Waals surface area contributed by atoms with Crippen molar-refractivity contribution in [1.29, 1.82) is 0 Å². The summed E-state index contributed by atoms with van der Waals surface area (Å²) in [6.07, 6.45) is -3.11. The second kappa shape index (κ2) is 13.9. The fourth-order valence-corrected chi connectivity index (χ4v) is 4.45. The van der Waals surface area contributed by atoms with Gasteiger partial charge in [-0.25, -0.2) is 4.98 Å². The molecule has 1 fully saturated rings. The van der Waals surface area contributed by atoms with E-state index in [1.165, 1.54) is 36.5 Å². The Morgan fingerprint density at radius 3 is 2.52 bits per heavy atom. The van der Waals surface area contributed by atoms with E-state index in [1.807, 2.05) is 11.9 Å². The highest BCUT2D eigenvalue weighted by Crippen LogP contribution is 2.35. The molecule has 0 unspecified atom stereocenters. The lowest BCUT2D eigenvalue weighted by Gasteiger charge is -2.33. The number of anilines is 2. The minimum atomic E-state index is -4.57. The van der Waals surface area contributed by atoms with Crippen molar-refractivity contribution in [2.45, 2.75) is 12.7 Å². The predicted octanol–water partition coefficient (Wildman–Crippen LogP) is 4.76. The number of nitrogens with zero attached hydrogens (tertiary/aromatic N) is 3. The molecule has 3 aromatic rings. The highest BCUT2D eigenvalue weighted by atomic mass is 35.5. The quantitative estimate of drug-likeness (QED) is 0.284. The van der Waals surface area contributed by atoms with E-state index in [-0.39, 0.29) is 34.2 Å². The molecule has 42 heavy (non-hydrogen) atoms. The maximum atomic E-state index is 14.0. The summed E-state index contributed by atoms with van der Waals surface area (Å²) in [5.41, 5.74) is 6.25. The second-order valence-electron chi connectivity index (χ2n) is 9.79. The number of methoxy groups -OCH3 is 1. The molecule has 0 radical (unpaired) electrons. The van der Waals surface area contributed by atoms with Crippen LogP contribution in [0.15, 0.2) is 48.7 Å². The topological polar surface area (TPSA) is 92.9 Å². The number of aromatic nitrogens is 1. The second-order valence-corrected chi connectivity index (χ2v) is 10.2. The van der Waals surface area contributed by atoms with Crippen LogP contribution in [0.25, 0.3) is 0 Å². The van der Waals surface area contributed by atoms with Gasteiger partial charge < -0.3 is 25.4 Å². The van der Waals surface area contributed by atoms with Gasteiger partial charge in [-0.15, -0.1) is 0 Å². The predicted molar refractivity (Wildman–Crippen MR) is 156 cm³/mol. The molecule has 1 aliphatic rings. The first-order valence-electron chi connectivity index (χ1n) is 13.1. The van der Waals surface area contributed by atoms with E-state index in [0.29, 0.717) is 43.2 Å². The number of halogens is 4. The summed E-state index contributed by atoms with van der Waals surface area (Å²) in [6, 6.07) is 9.91. The number of likely N-dealkylation sites (N-methyl/N-ethyl adjacent to an activating group) is 1. The Bertz CT molecular complexity index is 1480. The maximum Gasteiger partial charge on any atom is 0.416 e. The Morgan fingerprint density at radius 2 is 1.81 bits per heavy atom. The van der Waals surface area contributed by atoms with E-state index in [1.54, 1.807) is 13.2 Å². The average molecular weight is 602 g/mol. The number of rotatable bonds is 8. The summed E-state index contributed by atoms with van der Waals surface area (Å²) in [7, 11) is 3.55. The molecule has 4 rings (SSSR count). The Hall–Kier alpha value is -3.82. The van der Waals surface area contributed by atoms with Gasteiger partial charge in [0.25, 0.3) is 5.91 Å². The average Bonchev–Trinajstić information content (AvgIpc) is 2.95. The SMILES string of the molecule is COCCOc1cnc(N)c(C#Cc2cc(C(=O)Nc3ccc(CN4CCN(C)CC4)c(C(F)(F)F)c3)ccc2Cl)c1. The third kappa shape index (κ3) is 8.36. The first-order chi connectivity index (χ1) is 20.0. The van der Waals surface area contributed by atoms with Crippen LogP contribution in [-0.2, 0) is 17.5 Å². The Balaban J connectivity index is 1.51. The van der Waals surface area contributed by atoms with Crippen molar-refractivity contribution in [3.05, 3.63) is 81.5 Å². The van der Waals surface area contributed by atoms with Gasteiger partial charge in [-0.05, 0) is 42.9 Å². The number of nitrogens with two attached hydrogens (primary N) is 1. The molecule has 1 saturated heterocycles. The van der Waals surface area contributed by atoms with Gasteiger partial charge in [-0.1, -0.05) is 29.5 Å². The van der Waals surface area contributed by atoms with Crippen molar-refractivity contribution in [1.82, 2.24) is 14.8 Å². The number of alkyl halides is 3. The van der Waals surface area contributed by atoms with E-state index in [2.05, 4.69) is 27.0 Å².